The second kappa shape index (κ2) is 8.53. The fourth-order valence-corrected chi connectivity index (χ4v) is 2.74. The van der Waals surface area contributed by atoms with E-state index in [9.17, 15) is 14.7 Å². The van der Waals surface area contributed by atoms with E-state index >= 15 is 0 Å². The Morgan fingerprint density at radius 3 is 2.65 bits per heavy atom. The van der Waals surface area contributed by atoms with E-state index in [0.29, 0.717) is 11.7 Å². The lowest BCUT2D eigenvalue weighted by atomic mass is 9.95. The van der Waals surface area contributed by atoms with Gasteiger partial charge in [0.2, 0.25) is 5.91 Å². The van der Waals surface area contributed by atoms with Crippen LogP contribution in [-0.4, -0.2) is 36.2 Å². The van der Waals surface area contributed by atoms with E-state index in [1.807, 2.05) is 0 Å². The highest BCUT2D eigenvalue weighted by Crippen LogP contribution is 2.23. The lowest BCUT2D eigenvalue weighted by molar-refractivity contribution is -0.115. The average molecular weight is 320 g/mol. The predicted octanol–water partition coefficient (Wildman–Crippen LogP) is 2.43. The Hall–Kier alpha value is -2.08. The molecular formula is C17H24N2O4. The molecule has 0 bridgehead atoms. The second-order valence-corrected chi connectivity index (χ2v) is 5.72. The van der Waals surface area contributed by atoms with Crippen molar-refractivity contribution in [3.05, 3.63) is 23.8 Å². The van der Waals surface area contributed by atoms with Crippen molar-refractivity contribution in [2.24, 2.45) is 0 Å². The molecule has 1 aliphatic carbocycles. The van der Waals surface area contributed by atoms with E-state index in [4.69, 9.17) is 4.74 Å². The van der Waals surface area contributed by atoms with Crippen LogP contribution in [0.15, 0.2) is 18.2 Å². The number of anilines is 1. The SMILES string of the molecule is CCOC(=O)c1ccc(NC(=O)CNC2CCCCC2)cc1O. The third-order valence-corrected chi connectivity index (χ3v) is 3.93. The summed E-state index contributed by atoms with van der Waals surface area (Å²) in [5.74, 6) is -0.956. The van der Waals surface area contributed by atoms with E-state index < -0.39 is 5.97 Å². The lowest BCUT2D eigenvalue weighted by Crippen LogP contribution is -2.37. The van der Waals surface area contributed by atoms with Gasteiger partial charge in [-0.2, -0.15) is 0 Å². The molecule has 1 fully saturated rings. The van der Waals surface area contributed by atoms with Crippen molar-refractivity contribution < 1.29 is 19.4 Å². The minimum atomic E-state index is -0.582. The summed E-state index contributed by atoms with van der Waals surface area (Å²) < 4.78 is 4.84. The number of nitrogens with one attached hydrogen (secondary N) is 2. The van der Waals surface area contributed by atoms with Gasteiger partial charge in [-0.3, -0.25) is 4.79 Å². The van der Waals surface area contributed by atoms with Crippen molar-refractivity contribution in [1.29, 1.82) is 0 Å². The summed E-state index contributed by atoms with van der Waals surface area (Å²) in [6, 6.07) is 4.78. The molecule has 1 aromatic carbocycles. The van der Waals surface area contributed by atoms with Crippen LogP contribution in [0.5, 0.6) is 5.75 Å². The van der Waals surface area contributed by atoms with Crippen LogP contribution in [0.3, 0.4) is 0 Å². The van der Waals surface area contributed by atoms with Gasteiger partial charge in [-0.15, -0.1) is 0 Å². The Kier molecular flexibility index (Phi) is 6.40. The zero-order valence-electron chi connectivity index (χ0n) is 13.4. The van der Waals surface area contributed by atoms with Crippen molar-refractivity contribution in [3.63, 3.8) is 0 Å². The Balaban J connectivity index is 1.85. The maximum Gasteiger partial charge on any atom is 0.341 e. The van der Waals surface area contributed by atoms with Crippen molar-refractivity contribution in [3.8, 4) is 5.75 Å². The number of hydrogen-bond donors (Lipinski definition) is 3. The maximum absolute atomic E-state index is 11.9. The number of carbonyl (C=O) groups is 2. The standard InChI is InChI=1S/C17H24N2O4/c1-2-23-17(22)14-9-8-13(10-15(14)20)19-16(21)11-18-12-6-4-3-5-7-12/h8-10,12,18,20H,2-7,11H2,1H3,(H,19,21). The van der Waals surface area contributed by atoms with Crippen molar-refractivity contribution in [1.82, 2.24) is 5.32 Å². The Morgan fingerprint density at radius 1 is 1.26 bits per heavy atom. The fourth-order valence-electron chi connectivity index (χ4n) is 2.74. The first kappa shape index (κ1) is 17.3. The quantitative estimate of drug-likeness (QED) is 0.701. The molecule has 1 aromatic rings. The molecule has 0 atom stereocenters. The van der Waals surface area contributed by atoms with Crippen LogP contribution in [-0.2, 0) is 9.53 Å². The molecule has 3 N–H and O–H groups in total. The topological polar surface area (TPSA) is 87.7 Å². The van der Waals surface area contributed by atoms with Gasteiger partial charge in [0.25, 0.3) is 0 Å². The second-order valence-electron chi connectivity index (χ2n) is 5.72. The number of hydrogen-bond acceptors (Lipinski definition) is 5. The summed E-state index contributed by atoms with van der Waals surface area (Å²) in [7, 11) is 0. The van der Waals surface area contributed by atoms with Crippen LogP contribution in [0.25, 0.3) is 0 Å². The molecule has 1 amide bonds. The van der Waals surface area contributed by atoms with Gasteiger partial charge in [-0.25, -0.2) is 4.79 Å². The molecule has 6 nitrogen and oxygen atoms in total. The van der Waals surface area contributed by atoms with Crippen LogP contribution in [0.2, 0.25) is 0 Å². The van der Waals surface area contributed by atoms with E-state index in [-0.39, 0.29) is 30.4 Å². The highest BCUT2D eigenvalue weighted by Gasteiger charge is 2.15. The minimum Gasteiger partial charge on any atom is -0.507 e. The van der Waals surface area contributed by atoms with E-state index in [2.05, 4.69) is 10.6 Å². The molecule has 0 heterocycles. The molecule has 0 aliphatic heterocycles. The van der Waals surface area contributed by atoms with E-state index in [0.717, 1.165) is 12.8 Å². The third kappa shape index (κ3) is 5.25. The van der Waals surface area contributed by atoms with Gasteiger partial charge < -0.3 is 20.5 Å². The zero-order valence-corrected chi connectivity index (χ0v) is 13.4. The van der Waals surface area contributed by atoms with Gasteiger partial charge in [-0.05, 0) is 31.9 Å². The number of ether oxygens (including phenoxy) is 1. The molecule has 2 rings (SSSR count). The van der Waals surface area contributed by atoms with Crippen molar-refractivity contribution in [2.75, 3.05) is 18.5 Å². The largest absolute Gasteiger partial charge is 0.507 e. The number of benzene rings is 1. The van der Waals surface area contributed by atoms with E-state index in [1.165, 1.54) is 31.4 Å². The molecule has 0 aromatic heterocycles. The Labute approximate surface area is 136 Å². The molecule has 1 aliphatic rings. The molecule has 0 saturated heterocycles. The van der Waals surface area contributed by atoms with E-state index in [1.54, 1.807) is 13.0 Å². The van der Waals surface area contributed by atoms with Gasteiger partial charge in [-0.1, -0.05) is 19.3 Å². The molecule has 0 spiro atoms. The molecule has 6 heteroatoms. The predicted molar refractivity (Wildman–Crippen MR) is 87.6 cm³/mol. The summed E-state index contributed by atoms with van der Waals surface area (Å²) in [6.07, 6.45) is 5.92. The fraction of sp³-hybridized carbons (Fsp3) is 0.529. The number of carbonyl (C=O) groups excluding carboxylic acids is 2. The number of aromatic hydroxyl groups is 1. The van der Waals surface area contributed by atoms with Crippen LogP contribution < -0.4 is 10.6 Å². The first-order chi connectivity index (χ1) is 11.1. The summed E-state index contributed by atoms with van der Waals surface area (Å²) in [6.45, 7) is 2.18. The van der Waals surface area contributed by atoms with Crippen molar-refractivity contribution in [2.45, 2.75) is 45.1 Å². The van der Waals surface area contributed by atoms with Crippen LogP contribution in [0, 0.1) is 0 Å². The molecule has 0 radical (unpaired) electrons. The van der Waals surface area contributed by atoms with Crippen molar-refractivity contribution >= 4 is 17.6 Å². The number of amides is 1. The molecular weight excluding hydrogens is 296 g/mol. The summed E-state index contributed by atoms with van der Waals surface area (Å²) in [5.41, 5.74) is 0.538. The highest BCUT2D eigenvalue weighted by atomic mass is 16.5. The zero-order chi connectivity index (χ0) is 16.7. The normalized spacial score (nSPS) is 15.2. The number of phenols is 1. The van der Waals surface area contributed by atoms with Gasteiger partial charge in [0.05, 0.1) is 13.2 Å². The van der Waals surface area contributed by atoms with Crippen LogP contribution in [0.4, 0.5) is 5.69 Å². The molecule has 0 unspecified atom stereocenters. The first-order valence-corrected chi connectivity index (χ1v) is 8.13. The average Bonchev–Trinajstić information content (AvgIpc) is 2.54. The summed E-state index contributed by atoms with van der Waals surface area (Å²) in [4.78, 5) is 23.5. The lowest BCUT2D eigenvalue weighted by Gasteiger charge is -2.22. The van der Waals surface area contributed by atoms with Crippen LogP contribution in [0.1, 0.15) is 49.4 Å². The van der Waals surface area contributed by atoms with Gasteiger partial charge in [0.1, 0.15) is 11.3 Å². The third-order valence-electron chi connectivity index (χ3n) is 3.93. The number of esters is 1. The molecule has 1 saturated carbocycles. The number of phenolic OH excluding ortho intramolecular Hbond substituents is 1. The summed E-state index contributed by atoms with van der Waals surface area (Å²) >= 11 is 0. The Bertz CT molecular complexity index is 554. The Morgan fingerprint density at radius 2 is 2.00 bits per heavy atom. The maximum atomic E-state index is 11.9. The minimum absolute atomic E-state index is 0.0881. The monoisotopic (exact) mass is 320 g/mol. The highest BCUT2D eigenvalue weighted by molar-refractivity contribution is 5.95. The summed E-state index contributed by atoms with van der Waals surface area (Å²) in [5, 5.41) is 15.8. The van der Waals surface area contributed by atoms with Gasteiger partial charge >= 0.3 is 5.97 Å². The molecule has 23 heavy (non-hydrogen) atoms. The number of rotatable bonds is 6. The van der Waals surface area contributed by atoms with Crippen LogP contribution >= 0.6 is 0 Å². The molecule has 126 valence electrons. The van der Waals surface area contributed by atoms with Gasteiger partial charge in [0.15, 0.2) is 0 Å². The smallest absolute Gasteiger partial charge is 0.341 e. The first-order valence-electron chi connectivity index (χ1n) is 8.13. The van der Waals surface area contributed by atoms with Gasteiger partial charge in [0, 0.05) is 17.8 Å².